The predicted octanol–water partition coefficient (Wildman–Crippen LogP) is 1.78. The maximum Gasteiger partial charge on any atom is 0.251 e. The van der Waals surface area contributed by atoms with Gasteiger partial charge in [0, 0.05) is 11.1 Å². The van der Waals surface area contributed by atoms with Crippen molar-refractivity contribution in [2.45, 2.75) is 44.0 Å². The number of carbonyl (C=O) groups excluding carboxylic acids is 1. The Morgan fingerprint density at radius 2 is 1.85 bits per heavy atom. The molecule has 1 rings (SSSR count). The normalized spacial score (nSPS) is 12.2. The van der Waals surface area contributed by atoms with Crippen LogP contribution in [0.3, 0.4) is 0 Å². The molecule has 0 radical (unpaired) electrons. The number of sulfonamides is 1. The van der Waals surface area contributed by atoms with Crippen molar-refractivity contribution in [2.75, 3.05) is 0 Å². The van der Waals surface area contributed by atoms with E-state index < -0.39 is 32.2 Å². The topological polar surface area (TPSA) is 89.3 Å². The van der Waals surface area contributed by atoms with E-state index in [9.17, 15) is 17.6 Å². The molecule has 0 saturated carbocycles. The number of rotatable bonds is 5. The summed E-state index contributed by atoms with van der Waals surface area (Å²) in [5.74, 6) is -1.35. The van der Waals surface area contributed by atoms with Crippen molar-refractivity contribution < 1.29 is 17.6 Å². The van der Waals surface area contributed by atoms with Crippen LogP contribution in [-0.4, -0.2) is 19.9 Å². The SMILES string of the molecule is CCC(C)(CC)NC(=O)c1cc(F)cc(S(N)(=O)=O)c1. The zero-order valence-electron chi connectivity index (χ0n) is 11.7. The molecule has 0 aromatic heterocycles. The van der Waals surface area contributed by atoms with E-state index in [0.717, 1.165) is 18.2 Å². The fourth-order valence-corrected chi connectivity index (χ4v) is 2.20. The fourth-order valence-electron chi connectivity index (χ4n) is 1.63. The van der Waals surface area contributed by atoms with Gasteiger partial charge in [0.1, 0.15) is 5.82 Å². The highest BCUT2D eigenvalue weighted by atomic mass is 32.2. The van der Waals surface area contributed by atoms with E-state index in [1.54, 1.807) is 0 Å². The first kappa shape index (κ1) is 16.6. The highest BCUT2D eigenvalue weighted by Crippen LogP contribution is 2.17. The summed E-state index contributed by atoms with van der Waals surface area (Å²) in [6, 6.07) is 2.83. The molecule has 20 heavy (non-hydrogen) atoms. The lowest BCUT2D eigenvalue weighted by Gasteiger charge is -2.28. The summed E-state index contributed by atoms with van der Waals surface area (Å²) in [6.45, 7) is 5.71. The van der Waals surface area contributed by atoms with Gasteiger partial charge in [-0.2, -0.15) is 0 Å². The number of amides is 1. The number of halogens is 1. The number of hydrogen-bond donors (Lipinski definition) is 2. The van der Waals surface area contributed by atoms with Gasteiger partial charge in [-0.1, -0.05) is 13.8 Å². The first-order valence-corrected chi connectivity index (χ1v) is 7.82. The van der Waals surface area contributed by atoms with Gasteiger partial charge in [-0.15, -0.1) is 0 Å². The van der Waals surface area contributed by atoms with Crippen LogP contribution in [0.15, 0.2) is 23.1 Å². The standard InChI is InChI=1S/C13H19FN2O3S/c1-4-13(3,5-2)16-12(17)9-6-10(14)8-11(7-9)20(15,18)19/h6-8H,4-5H2,1-3H3,(H,16,17)(H2,15,18,19). The Bertz CT molecular complexity index is 610. The monoisotopic (exact) mass is 302 g/mol. The smallest absolute Gasteiger partial charge is 0.251 e. The van der Waals surface area contributed by atoms with Crippen molar-refractivity contribution in [1.82, 2.24) is 5.32 Å². The molecule has 1 aromatic carbocycles. The molecular formula is C13H19FN2O3S. The third-order valence-corrected chi connectivity index (χ3v) is 4.33. The molecule has 3 N–H and O–H groups in total. The van der Waals surface area contributed by atoms with Gasteiger partial charge >= 0.3 is 0 Å². The third-order valence-electron chi connectivity index (χ3n) is 3.44. The molecule has 112 valence electrons. The van der Waals surface area contributed by atoms with Crippen LogP contribution in [0.5, 0.6) is 0 Å². The molecule has 0 fully saturated rings. The van der Waals surface area contributed by atoms with Crippen molar-refractivity contribution in [3.8, 4) is 0 Å². The summed E-state index contributed by atoms with van der Waals surface area (Å²) in [5, 5.41) is 7.72. The Morgan fingerprint density at radius 3 is 2.30 bits per heavy atom. The lowest BCUT2D eigenvalue weighted by atomic mass is 9.95. The molecule has 5 nitrogen and oxygen atoms in total. The van der Waals surface area contributed by atoms with Crippen LogP contribution in [0, 0.1) is 5.82 Å². The molecule has 0 atom stereocenters. The molecule has 0 heterocycles. The van der Waals surface area contributed by atoms with Crippen molar-refractivity contribution in [1.29, 1.82) is 0 Å². The second-order valence-electron chi connectivity index (χ2n) is 4.94. The first-order valence-electron chi connectivity index (χ1n) is 6.27. The Kier molecular flexibility index (Phi) is 4.88. The van der Waals surface area contributed by atoms with Gasteiger partial charge in [0.05, 0.1) is 4.90 Å². The van der Waals surface area contributed by atoms with Gasteiger partial charge in [-0.3, -0.25) is 4.79 Å². The Balaban J connectivity index is 3.15. The first-order chi connectivity index (χ1) is 9.11. The van der Waals surface area contributed by atoms with Crippen LogP contribution in [0.4, 0.5) is 4.39 Å². The molecule has 1 aromatic rings. The van der Waals surface area contributed by atoms with E-state index in [-0.39, 0.29) is 5.56 Å². The summed E-state index contributed by atoms with van der Waals surface area (Å²) in [7, 11) is -4.06. The molecule has 0 saturated heterocycles. The van der Waals surface area contributed by atoms with Gasteiger partial charge in [0.15, 0.2) is 0 Å². The lowest BCUT2D eigenvalue weighted by Crippen LogP contribution is -2.45. The van der Waals surface area contributed by atoms with E-state index in [4.69, 9.17) is 5.14 Å². The quantitative estimate of drug-likeness (QED) is 0.869. The Morgan fingerprint density at radius 1 is 1.30 bits per heavy atom. The zero-order chi connectivity index (χ0) is 15.6. The van der Waals surface area contributed by atoms with Crippen molar-refractivity contribution in [3.63, 3.8) is 0 Å². The average Bonchev–Trinajstić information content (AvgIpc) is 2.36. The van der Waals surface area contributed by atoms with Crippen molar-refractivity contribution in [3.05, 3.63) is 29.6 Å². The van der Waals surface area contributed by atoms with Crippen LogP contribution in [0.1, 0.15) is 44.0 Å². The largest absolute Gasteiger partial charge is 0.347 e. The van der Waals surface area contributed by atoms with Crippen LogP contribution >= 0.6 is 0 Å². The summed E-state index contributed by atoms with van der Waals surface area (Å²) in [5.41, 5.74) is -0.493. The molecule has 1 amide bonds. The molecule has 7 heteroatoms. The average molecular weight is 302 g/mol. The molecular weight excluding hydrogens is 283 g/mol. The third kappa shape index (κ3) is 4.01. The van der Waals surface area contributed by atoms with Crippen LogP contribution in [0.2, 0.25) is 0 Å². The van der Waals surface area contributed by atoms with Gasteiger partial charge < -0.3 is 5.32 Å². The van der Waals surface area contributed by atoms with E-state index >= 15 is 0 Å². The molecule has 0 bridgehead atoms. The Hall–Kier alpha value is -1.47. The summed E-state index contributed by atoms with van der Waals surface area (Å²) in [6.07, 6.45) is 1.40. The minimum absolute atomic E-state index is 0.0675. The fraction of sp³-hybridized carbons (Fsp3) is 0.462. The van der Waals surface area contributed by atoms with Gasteiger partial charge in [-0.05, 0) is 38.0 Å². The maximum atomic E-state index is 13.4. The highest BCUT2D eigenvalue weighted by Gasteiger charge is 2.23. The number of benzene rings is 1. The summed E-state index contributed by atoms with van der Waals surface area (Å²) in [4.78, 5) is 11.7. The lowest BCUT2D eigenvalue weighted by molar-refractivity contribution is 0.0900. The predicted molar refractivity (Wildman–Crippen MR) is 74.2 cm³/mol. The van der Waals surface area contributed by atoms with Gasteiger partial charge in [-0.25, -0.2) is 17.9 Å². The van der Waals surface area contributed by atoms with E-state index in [1.165, 1.54) is 0 Å². The second-order valence-corrected chi connectivity index (χ2v) is 6.50. The molecule has 0 aliphatic rings. The Labute approximate surface area is 118 Å². The number of hydrogen-bond acceptors (Lipinski definition) is 3. The second kappa shape index (κ2) is 5.88. The summed E-state index contributed by atoms with van der Waals surface area (Å²) < 4.78 is 35.9. The molecule has 0 aliphatic heterocycles. The van der Waals surface area contributed by atoms with Gasteiger partial charge in [0.25, 0.3) is 5.91 Å². The minimum Gasteiger partial charge on any atom is -0.347 e. The molecule has 0 unspecified atom stereocenters. The number of nitrogens with two attached hydrogens (primary N) is 1. The van der Waals surface area contributed by atoms with E-state index in [0.29, 0.717) is 12.8 Å². The van der Waals surface area contributed by atoms with Crippen molar-refractivity contribution in [2.24, 2.45) is 5.14 Å². The van der Waals surface area contributed by atoms with E-state index in [1.807, 2.05) is 20.8 Å². The van der Waals surface area contributed by atoms with Crippen molar-refractivity contribution >= 4 is 15.9 Å². The van der Waals surface area contributed by atoms with Crippen LogP contribution in [0.25, 0.3) is 0 Å². The minimum atomic E-state index is -4.06. The number of carbonyl (C=O) groups is 1. The number of nitrogens with one attached hydrogen (secondary N) is 1. The molecule has 0 spiro atoms. The van der Waals surface area contributed by atoms with Crippen LogP contribution in [-0.2, 0) is 10.0 Å². The molecule has 0 aliphatic carbocycles. The highest BCUT2D eigenvalue weighted by molar-refractivity contribution is 7.89. The van der Waals surface area contributed by atoms with Gasteiger partial charge in [0.2, 0.25) is 10.0 Å². The summed E-state index contributed by atoms with van der Waals surface area (Å²) >= 11 is 0. The van der Waals surface area contributed by atoms with E-state index in [2.05, 4.69) is 5.32 Å². The van der Waals surface area contributed by atoms with Crippen LogP contribution < -0.4 is 10.5 Å². The zero-order valence-corrected chi connectivity index (χ0v) is 12.6. The number of primary sulfonamides is 1. The maximum absolute atomic E-state index is 13.4.